The van der Waals surface area contributed by atoms with Gasteiger partial charge in [-0.25, -0.2) is 111 Å². The average molecular weight is 1500 g/mol. The molecule has 11 rings (SSSR count). The second-order valence-corrected chi connectivity index (χ2v) is 30.1. The van der Waals surface area contributed by atoms with Crippen LogP contribution in [0, 0.1) is 0 Å². The maximum Gasteiger partial charge on any atom is 0.228 e. The van der Waals surface area contributed by atoms with Crippen molar-refractivity contribution in [3.05, 3.63) is 76.3 Å². The second kappa shape index (κ2) is 33.1. The number of nitrogens with two attached hydrogens (primary N) is 2. The number of ether oxygens (including phenoxy) is 1. The Kier molecular flexibility index (Phi) is 26.8. The summed E-state index contributed by atoms with van der Waals surface area (Å²) in [6.07, 6.45) is 17.0. The lowest BCUT2D eigenvalue weighted by atomic mass is 10.2. The molecule has 0 bridgehead atoms. The first-order valence-electron chi connectivity index (χ1n) is 27.0. The van der Waals surface area contributed by atoms with Gasteiger partial charge in [-0.15, -0.1) is 0 Å². The number of anilines is 3. The van der Waals surface area contributed by atoms with Gasteiger partial charge in [0.15, 0.2) is 32.9 Å². The van der Waals surface area contributed by atoms with Gasteiger partial charge in [-0.1, -0.05) is 30.6 Å². The van der Waals surface area contributed by atoms with Crippen LogP contribution in [0.4, 0.5) is 17.8 Å². The summed E-state index contributed by atoms with van der Waals surface area (Å²) < 4.78 is 106. The quantitative estimate of drug-likeness (QED) is 0.0706. The van der Waals surface area contributed by atoms with Gasteiger partial charge in [-0.2, -0.15) is 19.9 Å². The molecule has 0 aromatic carbocycles. The Labute approximate surface area is 570 Å². The molecule has 0 atom stereocenters. The van der Waals surface area contributed by atoms with E-state index >= 15 is 0 Å². The molecular weight excluding hydrogens is 1430 g/mol. The van der Waals surface area contributed by atoms with Crippen LogP contribution in [-0.2, 0) is 64.5 Å². The number of halogens is 5. The first-order chi connectivity index (χ1) is 44.1. The van der Waals surface area contributed by atoms with Crippen molar-refractivity contribution >= 4 is 161 Å². The number of imidazole rings is 4. The lowest BCUT2D eigenvalue weighted by Crippen LogP contribution is -2.37. The number of fused-ring (bicyclic) bond motifs is 4. The Hall–Kier alpha value is -7.23. The highest BCUT2D eigenvalue weighted by atomic mass is 35.5. The van der Waals surface area contributed by atoms with E-state index in [0.29, 0.717) is 132 Å². The Morgan fingerprint density at radius 3 is 1.32 bits per heavy atom. The van der Waals surface area contributed by atoms with Crippen molar-refractivity contribution in [2.75, 3.05) is 129 Å². The topological polar surface area (TPSA) is 471 Å². The van der Waals surface area contributed by atoms with Gasteiger partial charge in [-0.05, 0) is 34.8 Å². The van der Waals surface area contributed by atoms with Crippen LogP contribution in [0.2, 0.25) is 26.2 Å². The number of aromatic amines is 1. The number of likely N-dealkylation sites (N-methyl/N-ethyl adjacent to an activating group) is 4. The van der Waals surface area contributed by atoms with E-state index in [-0.39, 0.29) is 65.2 Å². The van der Waals surface area contributed by atoms with Crippen LogP contribution in [0.1, 0.15) is 7.43 Å². The van der Waals surface area contributed by atoms with Gasteiger partial charge in [0.05, 0.1) is 70.2 Å². The van der Waals surface area contributed by atoms with Crippen LogP contribution < -0.4 is 16.4 Å². The number of hydrogen-bond acceptors (Lipinski definition) is 29. The number of rotatable bonds is 18. The molecule has 10 aromatic heterocycles. The van der Waals surface area contributed by atoms with Gasteiger partial charge in [0, 0.05) is 123 Å². The van der Waals surface area contributed by atoms with Crippen molar-refractivity contribution in [1.29, 1.82) is 0 Å². The number of aliphatic hydroxyl groups is 1. The van der Waals surface area contributed by atoms with Crippen molar-refractivity contribution in [3.8, 4) is 22.5 Å². The first kappa shape index (κ1) is 76.8. The molecule has 37 nitrogen and oxygen atoms in total. The van der Waals surface area contributed by atoms with E-state index in [1.54, 1.807) is 41.2 Å². The number of hydrogen-bond donors (Lipinski definition) is 4. The van der Waals surface area contributed by atoms with Gasteiger partial charge < -0.3 is 44.9 Å². The molecule has 46 heteroatoms. The second-order valence-electron chi connectivity index (χ2n) is 20.0. The minimum absolute atomic E-state index is 0. The summed E-state index contributed by atoms with van der Waals surface area (Å²) in [5.74, 6) is 0.872. The van der Waals surface area contributed by atoms with Crippen molar-refractivity contribution in [2.24, 2.45) is 0 Å². The predicted molar refractivity (Wildman–Crippen MR) is 360 cm³/mol. The molecule has 0 amide bonds. The molecule has 1 aliphatic rings. The lowest BCUT2D eigenvalue weighted by Gasteiger charge is -2.27. The summed E-state index contributed by atoms with van der Waals surface area (Å²) in [6, 6.07) is 0. The van der Waals surface area contributed by atoms with E-state index in [9.17, 15) is 33.7 Å². The summed E-state index contributed by atoms with van der Waals surface area (Å²) in [6.45, 7) is 4.59. The monoisotopic (exact) mass is 1500 g/mol. The number of nitrogens with one attached hydrogen (secondary N) is 1. The summed E-state index contributed by atoms with van der Waals surface area (Å²) >= 11 is 28.9. The number of H-pyrrole nitrogens is 1. The summed E-state index contributed by atoms with van der Waals surface area (Å²) in [4.78, 5) is 70.8. The van der Waals surface area contributed by atoms with E-state index in [4.69, 9.17) is 89.3 Å². The highest BCUT2D eigenvalue weighted by Crippen LogP contribution is 2.29. The van der Waals surface area contributed by atoms with Gasteiger partial charge in [0.2, 0.25) is 73.8 Å². The normalized spacial score (nSPS) is 12.9. The van der Waals surface area contributed by atoms with Gasteiger partial charge in [-0.3, -0.25) is 0 Å². The molecule has 95 heavy (non-hydrogen) atoms. The van der Waals surface area contributed by atoms with E-state index in [0.717, 1.165) is 23.1 Å². The summed E-state index contributed by atoms with van der Waals surface area (Å²) in [5, 5.41) is 8.92. The molecule has 516 valence electrons. The molecule has 1 aliphatic heterocycles. The molecule has 6 N–H and O–H groups in total. The van der Waals surface area contributed by atoms with Crippen LogP contribution in [0.25, 0.3) is 67.2 Å². The molecule has 11 heterocycles. The van der Waals surface area contributed by atoms with E-state index in [2.05, 4.69) is 74.8 Å². The molecule has 0 radical (unpaired) electrons. The first-order valence-corrected chi connectivity index (χ1v) is 36.3. The maximum absolute atomic E-state index is 11.7. The molecule has 10 aromatic rings. The third kappa shape index (κ3) is 21.1. The zero-order valence-corrected chi connectivity index (χ0v) is 58.2. The van der Waals surface area contributed by atoms with Crippen LogP contribution in [0.15, 0.2) is 50.1 Å². The number of aromatic nitrogens is 20. The van der Waals surface area contributed by atoms with Crippen LogP contribution in [-0.4, -0.2) is 267 Å². The van der Waals surface area contributed by atoms with Crippen LogP contribution in [0.3, 0.4) is 0 Å². The Balaban J connectivity index is 0.000000199. The fourth-order valence-electron chi connectivity index (χ4n) is 7.78. The van der Waals surface area contributed by atoms with Crippen molar-refractivity contribution in [2.45, 2.75) is 27.1 Å². The predicted octanol–water partition coefficient (Wildman–Crippen LogP) is 2.19. The largest absolute Gasteiger partial charge is 0.395 e. The number of aliphatic hydroxyl groups excluding tert-OH is 1. The number of nitrogen functional groups attached to an aromatic ring is 2. The summed E-state index contributed by atoms with van der Waals surface area (Å²) in [5.41, 5.74) is 17.7. The molecule has 0 aliphatic carbocycles. The van der Waals surface area contributed by atoms with Crippen molar-refractivity contribution in [3.63, 3.8) is 0 Å². The molecule has 1 saturated heterocycles. The fraction of sp³-hybridized carbons (Fsp3) is 0.429. The molecular formula is C49H66Cl5N27O10S4. The fourth-order valence-corrected chi connectivity index (χ4v) is 10.4. The smallest absolute Gasteiger partial charge is 0.228 e. The van der Waals surface area contributed by atoms with Gasteiger partial charge in [0.1, 0.15) is 33.5 Å². The minimum atomic E-state index is -3.27. The highest BCUT2D eigenvalue weighted by Gasteiger charge is 2.23. The van der Waals surface area contributed by atoms with E-state index in [1.807, 2.05) is 9.47 Å². The maximum atomic E-state index is 11.7. The van der Waals surface area contributed by atoms with Crippen molar-refractivity contribution in [1.82, 2.24) is 116 Å². The van der Waals surface area contributed by atoms with Gasteiger partial charge in [0.25, 0.3) is 0 Å². The minimum Gasteiger partial charge on any atom is -0.395 e. The standard InChI is InChI=1S/C17H23N9O3S.C13H15ClN8O2S.C9H11Cl2N5O2S.C5H2Cl2N4.C4H11NO3S.CH4/c1-24(30(2,27)28)3-4-26-11-21-14-13(12-9-19-16(18)20-10-12)22-17(23-15(14)26)25-5-7-29-8-6-25;1-21(25(2,23)24)3-4-22-7-18-10-9(19-12(14)20-11(10)22)8-5-16-13(15)17-6-8;1-15(19(2,17)18)3-4-16-5-12-6-7(10)13-9(11)14-8(6)16;6-3-2-4(9-1-8-2)11-5(7)10-3;1-5(3-4-6)9(2,7)8;/h9-11H,3-8H2,1-2H3,(H2,18,19,20);5-7H,3-4H2,1-2H3,(H2,15,16,17);5H,3-4H2,1-2H3;1H,(H,8,9,10,11);6H,3-4H2,1-2H3;1H4. The molecule has 0 spiro atoms. The molecule has 0 saturated carbocycles. The van der Waals surface area contributed by atoms with Gasteiger partial charge >= 0.3 is 0 Å². The van der Waals surface area contributed by atoms with Crippen LogP contribution in [0.5, 0.6) is 0 Å². The third-order valence-electron chi connectivity index (χ3n) is 13.3. The van der Waals surface area contributed by atoms with E-state index in [1.165, 1.54) is 65.4 Å². The van der Waals surface area contributed by atoms with Crippen LogP contribution >= 0.6 is 58.0 Å². The summed E-state index contributed by atoms with van der Waals surface area (Å²) in [7, 11) is -6.86. The van der Waals surface area contributed by atoms with E-state index < -0.39 is 40.1 Å². The van der Waals surface area contributed by atoms with Crippen molar-refractivity contribution < 1.29 is 43.5 Å². The zero-order chi connectivity index (χ0) is 69.0. The molecule has 1 fully saturated rings. The SMILES string of the molecule is C.CN(CCO)S(C)(=O)=O.CN(CCn1cnc2c(-c3cnc(N)nc3)nc(Cl)nc21)S(C)(=O)=O.CN(CCn1cnc2c(-c3cnc(N)nc3)nc(N3CCOCC3)nc21)S(C)(=O)=O.CN(CCn1cnc2c(Cl)nc(Cl)nc21)S(C)(=O)=O.Clc1nc(Cl)c2[nH]cnc2n1. The number of nitrogens with zero attached hydrogens (tertiary/aromatic N) is 24. The lowest BCUT2D eigenvalue weighted by molar-refractivity contribution is 0.122. The zero-order valence-electron chi connectivity index (χ0n) is 51.1. The highest BCUT2D eigenvalue weighted by molar-refractivity contribution is 7.89. The Morgan fingerprint density at radius 2 is 0.884 bits per heavy atom. The average Bonchev–Trinajstić information content (AvgIpc) is 1.70. The Bertz CT molecular complexity index is 4730. The number of sulfonamides is 4. The third-order valence-corrected chi connectivity index (χ3v) is 19.6. The molecule has 0 unspecified atom stereocenters. The number of morpholine rings is 1. The Morgan fingerprint density at radius 1 is 0.505 bits per heavy atom.